The van der Waals surface area contributed by atoms with Crippen molar-refractivity contribution in [2.24, 2.45) is 0 Å². The Kier molecular flexibility index (Phi) is 4.44. The number of hydrogen-bond acceptors (Lipinski definition) is 4. The standard InChI is InChI=1S/C18H12F5N5O/c1-29-11-4-2-10(3-5-11)7-28-16(25-17(26-28)18(21,22)23)14-9-27-8-13(20)12(19)6-15(27)24-14/h2-6,8-9H,7H2,1H3. The van der Waals surface area contributed by atoms with Crippen LogP contribution < -0.4 is 4.74 Å². The summed E-state index contributed by atoms with van der Waals surface area (Å²) in [5.41, 5.74) is 0.657. The molecule has 4 rings (SSSR count). The van der Waals surface area contributed by atoms with E-state index >= 15 is 0 Å². The molecule has 0 N–H and O–H groups in total. The fourth-order valence-electron chi connectivity index (χ4n) is 2.76. The minimum atomic E-state index is -4.77. The number of fused-ring (bicyclic) bond motifs is 1. The SMILES string of the molecule is COc1ccc(Cn2nc(C(F)(F)F)nc2-c2cn3cc(F)c(F)cc3n2)cc1. The summed E-state index contributed by atoms with van der Waals surface area (Å²) in [6.07, 6.45) is -2.67. The minimum Gasteiger partial charge on any atom is -0.497 e. The van der Waals surface area contributed by atoms with Gasteiger partial charge in [0.15, 0.2) is 17.5 Å². The van der Waals surface area contributed by atoms with Crippen LogP contribution >= 0.6 is 0 Å². The second-order valence-corrected chi connectivity index (χ2v) is 6.12. The van der Waals surface area contributed by atoms with Crippen LogP contribution in [-0.2, 0) is 12.7 Å². The molecule has 0 unspecified atom stereocenters. The van der Waals surface area contributed by atoms with Gasteiger partial charge >= 0.3 is 6.18 Å². The quantitative estimate of drug-likeness (QED) is 0.479. The highest BCUT2D eigenvalue weighted by atomic mass is 19.4. The van der Waals surface area contributed by atoms with Gasteiger partial charge in [-0.25, -0.2) is 23.4 Å². The van der Waals surface area contributed by atoms with Crippen molar-refractivity contribution in [3.8, 4) is 17.3 Å². The Morgan fingerprint density at radius 1 is 1.00 bits per heavy atom. The first-order chi connectivity index (χ1) is 13.7. The Morgan fingerprint density at radius 2 is 1.72 bits per heavy atom. The first kappa shape index (κ1) is 18.8. The van der Waals surface area contributed by atoms with Gasteiger partial charge in [-0.05, 0) is 17.7 Å². The van der Waals surface area contributed by atoms with Crippen LogP contribution in [0.25, 0.3) is 17.2 Å². The molecule has 0 aliphatic carbocycles. The monoisotopic (exact) mass is 409 g/mol. The highest BCUT2D eigenvalue weighted by Gasteiger charge is 2.37. The summed E-state index contributed by atoms with van der Waals surface area (Å²) in [5, 5.41) is 3.55. The maximum atomic E-state index is 13.4. The van der Waals surface area contributed by atoms with Gasteiger partial charge < -0.3 is 9.14 Å². The van der Waals surface area contributed by atoms with Crippen molar-refractivity contribution in [2.45, 2.75) is 12.7 Å². The molecule has 1 aromatic carbocycles. The maximum absolute atomic E-state index is 13.4. The number of benzene rings is 1. The highest BCUT2D eigenvalue weighted by Crippen LogP contribution is 2.29. The Hall–Kier alpha value is -3.50. The van der Waals surface area contributed by atoms with Gasteiger partial charge in [-0.3, -0.25) is 0 Å². The summed E-state index contributed by atoms with van der Waals surface area (Å²) in [5.74, 6) is -3.16. The van der Waals surface area contributed by atoms with Gasteiger partial charge in [0, 0.05) is 18.5 Å². The lowest BCUT2D eigenvalue weighted by molar-refractivity contribution is -0.144. The summed E-state index contributed by atoms with van der Waals surface area (Å²) >= 11 is 0. The van der Waals surface area contributed by atoms with E-state index in [1.54, 1.807) is 24.3 Å². The fraction of sp³-hybridized carbons (Fsp3) is 0.167. The van der Waals surface area contributed by atoms with E-state index in [2.05, 4.69) is 15.1 Å². The Morgan fingerprint density at radius 3 is 2.38 bits per heavy atom. The maximum Gasteiger partial charge on any atom is 0.453 e. The second-order valence-electron chi connectivity index (χ2n) is 6.12. The topological polar surface area (TPSA) is 57.2 Å². The number of nitrogens with zero attached hydrogens (tertiary/aromatic N) is 5. The van der Waals surface area contributed by atoms with Crippen molar-refractivity contribution in [3.63, 3.8) is 0 Å². The third-order valence-electron chi connectivity index (χ3n) is 4.14. The summed E-state index contributed by atoms with van der Waals surface area (Å²) in [6.45, 7) is -0.0288. The molecule has 3 aromatic heterocycles. The van der Waals surface area contributed by atoms with E-state index in [9.17, 15) is 22.0 Å². The van der Waals surface area contributed by atoms with Crippen LogP contribution in [0.5, 0.6) is 5.75 Å². The van der Waals surface area contributed by atoms with Crippen LogP contribution in [-0.4, -0.2) is 31.3 Å². The molecule has 0 spiro atoms. The smallest absolute Gasteiger partial charge is 0.453 e. The molecular formula is C18H12F5N5O. The molecule has 0 aliphatic rings. The van der Waals surface area contributed by atoms with E-state index < -0.39 is 23.6 Å². The van der Waals surface area contributed by atoms with Gasteiger partial charge in [-0.15, -0.1) is 5.10 Å². The lowest BCUT2D eigenvalue weighted by Crippen LogP contribution is -2.09. The van der Waals surface area contributed by atoms with E-state index in [0.717, 1.165) is 21.3 Å². The molecular weight excluding hydrogens is 397 g/mol. The molecule has 0 atom stereocenters. The largest absolute Gasteiger partial charge is 0.497 e. The Bertz CT molecular complexity index is 1140. The average molecular weight is 409 g/mol. The molecule has 29 heavy (non-hydrogen) atoms. The minimum absolute atomic E-state index is 0.00786. The van der Waals surface area contributed by atoms with Crippen LogP contribution in [0, 0.1) is 11.6 Å². The normalized spacial score (nSPS) is 11.9. The number of halogens is 5. The molecule has 11 heteroatoms. The van der Waals surface area contributed by atoms with Crippen LogP contribution in [0.3, 0.4) is 0 Å². The highest BCUT2D eigenvalue weighted by molar-refractivity contribution is 5.56. The van der Waals surface area contributed by atoms with Gasteiger partial charge in [0.2, 0.25) is 0 Å². The zero-order chi connectivity index (χ0) is 20.8. The van der Waals surface area contributed by atoms with Crippen molar-refractivity contribution in [3.05, 3.63) is 65.7 Å². The zero-order valence-electron chi connectivity index (χ0n) is 14.8. The Balaban J connectivity index is 1.79. The van der Waals surface area contributed by atoms with Gasteiger partial charge in [0.05, 0.1) is 13.7 Å². The van der Waals surface area contributed by atoms with E-state index in [4.69, 9.17) is 4.74 Å². The van der Waals surface area contributed by atoms with Gasteiger partial charge in [0.1, 0.15) is 17.1 Å². The molecule has 0 saturated carbocycles. The van der Waals surface area contributed by atoms with Crippen LogP contribution in [0.4, 0.5) is 22.0 Å². The summed E-state index contributed by atoms with van der Waals surface area (Å²) in [4.78, 5) is 7.62. The van der Waals surface area contributed by atoms with E-state index in [-0.39, 0.29) is 23.7 Å². The fourth-order valence-corrected chi connectivity index (χ4v) is 2.76. The molecule has 150 valence electrons. The third-order valence-corrected chi connectivity index (χ3v) is 4.14. The van der Waals surface area contributed by atoms with Gasteiger partial charge in [-0.1, -0.05) is 12.1 Å². The molecule has 0 saturated heterocycles. The van der Waals surface area contributed by atoms with Gasteiger partial charge in [-0.2, -0.15) is 13.2 Å². The molecule has 6 nitrogen and oxygen atoms in total. The van der Waals surface area contributed by atoms with Crippen molar-refractivity contribution < 1.29 is 26.7 Å². The lowest BCUT2D eigenvalue weighted by atomic mass is 10.2. The van der Waals surface area contributed by atoms with E-state index in [1.807, 2.05) is 0 Å². The molecule has 0 aliphatic heterocycles. The number of pyridine rings is 1. The number of ether oxygens (including phenoxy) is 1. The molecule has 0 amide bonds. The molecule has 0 radical (unpaired) electrons. The van der Waals surface area contributed by atoms with Crippen molar-refractivity contribution in [2.75, 3.05) is 7.11 Å². The number of imidazole rings is 1. The Labute approximate surface area is 160 Å². The second kappa shape index (κ2) is 6.83. The van der Waals surface area contributed by atoms with Crippen molar-refractivity contribution in [1.82, 2.24) is 24.1 Å². The molecule has 3 heterocycles. The van der Waals surface area contributed by atoms with Crippen molar-refractivity contribution in [1.29, 1.82) is 0 Å². The first-order valence-electron chi connectivity index (χ1n) is 8.23. The summed E-state index contributed by atoms with van der Waals surface area (Å²) in [6, 6.07) is 7.51. The number of rotatable bonds is 4. The summed E-state index contributed by atoms with van der Waals surface area (Å²) < 4.78 is 73.6. The average Bonchev–Trinajstić information content (AvgIpc) is 3.26. The van der Waals surface area contributed by atoms with Crippen LogP contribution in [0.2, 0.25) is 0 Å². The first-order valence-corrected chi connectivity index (χ1v) is 8.23. The van der Waals surface area contributed by atoms with E-state index in [1.165, 1.54) is 13.3 Å². The molecule has 0 fully saturated rings. The zero-order valence-corrected chi connectivity index (χ0v) is 14.8. The number of methoxy groups -OCH3 is 1. The lowest BCUT2D eigenvalue weighted by Gasteiger charge is -2.06. The number of aromatic nitrogens is 5. The third kappa shape index (κ3) is 3.62. The van der Waals surface area contributed by atoms with E-state index in [0.29, 0.717) is 11.3 Å². The molecule has 4 aromatic rings. The number of hydrogen-bond donors (Lipinski definition) is 0. The predicted molar refractivity (Wildman–Crippen MR) is 91.2 cm³/mol. The van der Waals surface area contributed by atoms with Crippen LogP contribution in [0.15, 0.2) is 42.7 Å². The number of alkyl halides is 3. The molecule has 0 bridgehead atoms. The van der Waals surface area contributed by atoms with Crippen LogP contribution in [0.1, 0.15) is 11.4 Å². The van der Waals surface area contributed by atoms with Crippen molar-refractivity contribution >= 4 is 5.65 Å². The summed E-state index contributed by atoms with van der Waals surface area (Å²) in [7, 11) is 1.50. The predicted octanol–water partition coefficient (Wildman–Crippen LogP) is 3.95. The van der Waals surface area contributed by atoms with Gasteiger partial charge in [0.25, 0.3) is 5.82 Å².